The maximum atomic E-state index is 5.79. The molecule has 1 saturated heterocycles. The minimum atomic E-state index is 0.516. The number of ether oxygens (including phenoxy) is 2. The number of aromatic nitrogens is 1. The Labute approximate surface area is 173 Å². The maximum absolute atomic E-state index is 5.79. The van der Waals surface area contributed by atoms with E-state index in [-0.39, 0.29) is 0 Å². The van der Waals surface area contributed by atoms with E-state index in [1.807, 2.05) is 37.5 Å². The number of guanidine groups is 1. The minimum Gasteiger partial charge on any atom is -0.497 e. The van der Waals surface area contributed by atoms with Gasteiger partial charge in [-0.15, -0.1) is 0 Å². The van der Waals surface area contributed by atoms with Crippen molar-refractivity contribution in [1.29, 1.82) is 0 Å². The molecule has 2 aromatic rings. The fraction of sp³-hybridized carbons (Fsp3) is 0.478. The maximum Gasteiger partial charge on any atom is 0.213 e. The van der Waals surface area contributed by atoms with E-state index in [4.69, 9.17) is 9.47 Å². The van der Waals surface area contributed by atoms with Gasteiger partial charge in [0.25, 0.3) is 0 Å². The highest BCUT2D eigenvalue weighted by atomic mass is 16.5. The predicted octanol–water partition coefficient (Wildman–Crippen LogP) is 3.44. The summed E-state index contributed by atoms with van der Waals surface area (Å²) in [6, 6.07) is 12.5. The minimum absolute atomic E-state index is 0.516. The summed E-state index contributed by atoms with van der Waals surface area (Å²) in [7, 11) is 3.55. The highest BCUT2D eigenvalue weighted by molar-refractivity contribution is 5.80. The second-order valence-electron chi connectivity index (χ2n) is 7.86. The molecule has 0 radical (unpaired) electrons. The number of likely N-dealkylation sites (tertiary alicyclic amines) is 1. The highest BCUT2D eigenvalue weighted by Gasteiger charge is 2.26. The van der Waals surface area contributed by atoms with Crippen LogP contribution in [0.4, 0.5) is 0 Å². The van der Waals surface area contributed by atoms with Crippen LogP contribution in [0.2, 0.25) is 0 Å². The first-order chi connectivity index (χ1) is 14.2. The molecule has 0 amide bonds. The average molecular weight is 395 g/mol. The van der Waals surface area contributed by atoms with Gasteiger partial charge in [0.1, 0.15) is 5.75 Å². The van der Waals surface area contributed by atoms with E-state index in [0.717, 1.165) is 49.3 Å². The van der Waals surface area contributed by atoms with Crippen LogP contribution in [0.15, 0.2) is 47.6 Å². The van der Waals surface area contributed by atoms with E-state index in [9.17, 15) is 0 Å². The Morgan fingerprint density at radius 3 is 2.76 bits per heavy atom. The van der Waals surface area contributed by atoms with Crippen LogP contribution in [0.25, 0.3) is 0 Å². The topological polar surface area (TPSA) is 59.0 Å². The van der Waals surface area contributed by atoms with E-state index < -0.39 is 0 Å². The Morgan fingerprint density at radius 2 is 2.03 bits per heavy atom. The molecular weight excluding hydrogens is 364 g/mol. The third kappa shape index (κ3) is 5.19. The van der Waals surface area contributed by atoms with Gasteiger partial charge in [-0.2, -0.15) is 0 Å². The van der Waals surface area contributed by atoms with Crippen LogP contribution in [0.3, 0.4) is 0 Å². The molecule has 1 unspecified atom stereocenters. The molecule has 1 N–H and O–H groups in total. The van der Waals surface area contributed by atoms with Gasteiger partial charge in [0, 0.05) is 44.9 Å². The zero-order valence-electron chi connectivity index (χ0n) is 17.3. The molecule has 2 fully saturated rings. The van der Waals surface area contributed by atoms with Crippen molar-refractivity contribution in [3.8, 4) is 11.6 Å². The third-order valence-electron chi connectivity index (χ3n) is 5.70. The Bertz CT molecular complexity index is 833. The third-order valence-corrected chi connectivity index (χ3v) is 5.70. The van der Waals surface area contributed by atoms with Gasteiger partial charge in [0.15, 0.2) is 5.96 Å². The SMILES string of the molecule is CN=C(NCc1ccnc(OCC2CC2)c1)N1CCC(c2ccc(OC)cc2)C1. The summed E-state index contributed by atoms with van der Waals surface area (Å²) in [6.07, 6.45) is 5.51. The van der Waals surface area contributed by atoms with E-state index in [1.54, 1.807) is 7.11 Å². The Morgan fingerprint density at radius 1 is 1.21 bits per heavy atom. The van der Waals surface area contributed by atoms with Crippen LogP contribution in [0.1, 0.15) is 36.3 Å². The number of nitrogens with zero attached hydrogens (tertiary/aromatic N) is 3. The van der Waals surface area contributed by atoms with Crippen molar-refractivity contribution in [3.05, 3.63) is 53.7 Å². The van der Waals surface area contributed by atoms with E-state index >= 15 is 0 Å². The first kappa shape index (κ1) is 19.6. The first-order valence-electron chi connectivity index (χ1n) is 10.4. The van der Waals surface area contributed by atoms with Crippen LogP contribution < -0.4 is 14.8 Å². The number of hydrogen-bond acceptors (Lipinski definition) is 4. The van der Waals surface area contributed by atoms with Gasteiger partial charge in [-0.3, -0.25) is 4.99 Å². The fourth-order valence-electron chi connectivity index (χ4n) is 3.74. The Kier molecular flexibility index (Phi) is 6.17. The summed E-state index contributed by atoms with van der Waals surface area (Å²) in [5.74, 6) is 3.80. The summed E-state index contributed by atoms with van der Waals surface area (Å²) in [5.41, 5.74) is 2.51. The highest BCUT2D eigenvalue weighted by Crippen LogP contribution is 2.30. The second-order valence-corrected chi connectivity index (χ2v) is 7.86. The monoisotopic (exact) mass is 394 g/mol. The summed E-state index contributed by atoms with van der Waals surface area (Å²) in [4.78, 5) is 11.1. The molecule has 4 rings (SSSR count). The average Bonchev–Trinajstić information content (AvgIpc) is 3.48. The molecule has 1 aliphatic carbocycles. The van der Waals surface area contributed by atoms with Crippen molar-refractivity contribution >= 4 is 5.96 Å². The molecule has 1 aliphatic heterocycles. The molecule has 29 heavy (non-hydrogen) atoms. The van der Waals surface area contributed by atoms with E-state index in [2.05, 4.69) is 32.3 Å². The number of nitrogens with one attached hydrogen (secondary N) is 1. The standard InChI is InChI=1S/C23H30N4O2/c1-24-23(26-14-18-9-11-25-22(13-18)29-16-17-3-4-17)27-12-10-20(15-27)19-5-7-21(28-2)8-6-19/h5-9,11,13,17,20H,3-4,10,12,14-16H2,1-2H3,(H,24,26). The van der Waals surface area contributed by atoms with Gasteiger partial charge in [-0.25, -0.2) is 4.98 Å². The lowest BCUT2D eigenvalue weighted by Gasteiger charge is -2.22. The van der Waals surface area contributed by atoms with Gasteiger partial charge in [-0.05, 0) is 54.5 Å². The van der Waals surface area contributed by atoms with Gasteiger partial charge in [0.2, 0.25) is 5.88 Å². The van der Waals surface area contributed by atoms with Crippen LogP contribution in [0.5, 0.6) is 11.6 Å². The van der Waals surface area contributed by atoms with Gasteiger partial charge in [0.05, 0.1) is 13.7 Å². The Balaban J connectivity index is 1.30. The zero-order valence-corrected chi connectivity index (χ0v) is 17.3. The molecule has 1 aromatic heterocycles. The molecule has 6 nitrogen and oxygen atoms in total. The molecule has 154 valence electrons. The Hall–Kier alpha value is -2.76. The summed E-state index contributed by atoms with van der Waals surface area (Å²) in [5, 5.41) is 3.49. The molecule has 0 spiro atoms. The zero-order chi connectivity index (χ0) is 20.1. The molecule has 2 aliphatic rings. The fourth-order valence-corrected chi connectivity index (χ4v) is 3.74. The summed E-state index contributed by atoms with van der Waals surface area (Å²) >= 11 is 0. The second kappa shape index (κ2) is 9.16. The van der Waals surface area contributed by atoms with Crippen LogP contribution >= 0.6 is 0 Å². The van der Waals surface area contributed by atoms with Crippen molar-refractivity contribution in [1.82, 2.24) is 15.2 Å². The lowest BCUT2D eigenvalue weighted by Crippen LogP contribution is -2.39. The van der Waals surface area contributed by atoms with Gasteiger partial charge in [-0.1, -0.05) is 12.1 Å². The normalized spacial score (nSPS) is 19.3. The van der Waals surface area contributed by atoms with Crippen molar-refractivity contribution in [3.63, 3.8) is 0 Å². The number of pyridine rings is 1. The lowest BCUT2D eigenvalue weighted by atomic mass is 9.98. The molecule has 1 atom stereocenters. The number of methoxy groups -OCH3 is 1. The predicted molar refractivity (Wildman–Crippen MR) is 115 cm³/mol. The quantitative estimate of drug-likeness (QED) is 0.576. The number of hydrogen-bond donors (Lipinski definition) is 1. The van der Waals surface area contributed by atoms with E-state index in [0.29, 0.717) is 18.3 Å². The van der Waals surface area contributed by atoms with Crippen LogP contribution in [0, 0.1) is 5.92 Å². The molecule has 1 aromatic carbocycles. The largest absolute Gasteiger partial charge is 0.497 e. The van der Waals surface area contributed by atoms with Crippen molar-refractivity contribution in [2.45, 2.75) is 31.7 Å². The number of rotatable bonds is 7. The molecule has 6 heteroatoms. The lowest BCUT2D eigenvalue weighted by molar-refractivity contribution is 0.288. The molecule has 2 heterocycles. The molecule has 1 saturated carbocycles. The van der Waals surface area contributed by atoms with Crippen molar-refractivity contribution in [2.24, 2.45) is 10.9 Å². The smallest absolute Gasteiger partial charge is 0.213 e. The van der Waals surface area contributed by atoms with Crippen molar-refractivity contribution < 1.29 is 9.47 Å². The van der Waals surface area contributed by atoms with Gasteiger partial charge < -0.3 is 19.7 Å². The van der Waals surface area contributed by atoms with Crippen molar-refractivity contribution in [2.75, 3.05) is 33.9 Å². The summed E-state index contributed by atoms with van der Waals surface area (Å²) < 4.78 is 11.1. The number of aliphatic imine (C=N–C) groups is 1. The van der Waals surface area contributed by atoms with Gasteiger partial charge >= 0.3 is 0 Å². The first-order valence-corrected chi connectivity index (χ1v) is 10.4. The summed E-state index contributed by atoms with van der Waals surface area (Å²) in [6.45, 7) is 3.46. The number of benzene rings is 1. The van der Waals surface area contributed by atoms with E-state index in [1.165, 1.54) is 18.4 Å². The van der Waals surface area contributed by atoms with Crippen LogP contribution in [-0.2, 0) is 6.54 Å². The van der Waals surface area contributed by atoms with Crippen LogP contribution in [-0.4, -0.2) is 49.7 Å². The molecular formula is C23H30N4O2. The molecule has 0 bridgehead atoms.